The second kappa shape index (κ2) is 7.15. The Labute approximate surface area is 125 Å². The van der Waals surface area contributed by atoms with Gasteiger partial charge in [-0.15, -0.1) is 0 Å². The molecule has 2 rings (SSSR count). The van der Waals surface area contributed by atoms with Crippen molar-refractivity contribution in [1.82, 2.24) is 19.8 Å². The monoisotopic (exact) mass is 290 g/mol. The zero-order valence-corrected chi connectivity index (χ0v) is 12.7. The van der Waals surface area contributed by atoms with E-state index >= 15 is 0 Å². The molecule has 1 aromatic rings. The van der Waals surface area contributed by atoms with Crippen molar-refractivity contribution in [3.05, 3.63) is 24.3 Å². The van der Waals surface area contributed by atoms with Crippen LogP contribution in [-0.4, -0.2) is 57.8 Å². The van der Waals surface area contributed by atoms with Gasteiger partial charge in [-0.1, -0.05) is 13.8 Å². The summed E-state index contributed by atoms with van der Waals surface area (Å²) in [5, 5.41) is 0. The van der Waals surface area contributed by atoms with E-state index < -0.39 is 0 Å². The quantitative estimate of drug-likeness (QED) is 0.789. The van der Waals surface area contributed by atoms with E-state index in [0.29, 0.717) is 18.8 Å². The highest BCUT2D eigenvalue weighted by Crippen LogP contribution is 2.20. The van der Waals surface area contributed by atoms with E-state index in [-0.39, 0.29) is 17.7 Å². The molecule has 2 heterocycles. The smallest absolute Gasteiger partial charge is 0.274 e. The number of amides is 2. The van der Waals surface area contributed by atoms with Crippen LogP contribution in [0.25, 0.3) is 0 Å². The van der Waals surface area contributed by atoms with Gasteiger partial charge in [0.25, 0.3) is 5.91 Å². The Hall–Kier alpha value is -1.98. The highest BCUT2D eigenvalue weighted by Gasteiger charge is 2.38. The molecule has 114 valence electrons. The molecule has 0 radical (unpaired) electrons. The van der Waals surface area contributed by atoms with Crippen molar-refractivity contribution in [2.75, 3.05) is 26.2 Å². The lowest BCUT2D eigenvalue weighted by molar-refractivity contribution is -0.139. The standard InChI is InChI=1S/C15H22N4O2/c1-3-7-18(8-4-2)14(20)12-10-19(11-12)15(21)13-9-16-5-6-17-13/h5-6,9,12H,3-4,7-8,10-11H2,1-2H3. The summed E-state index contributed by atoms with van der Waals surface area (Å²) in [6.45, 7) is 6.69. The van der Waals surface area contributed by atoms with Crippen LogP contribution in [0.3, 0.4) is 0 Å². The molecule has 1 saturated heterocycles. The third-order valence-corrected chi connectivity index (χ3v) is 3.60. The lowest BCUT2D eigenvalue weighted by Gasteiger charge is -2.40. The number of likely N-dealkylation sites (tertiary alicyclic amines) is 1. The molecule has 0 bridgehead atoms. The molecule has 0 saturated carbocycles. The normalized spacial score (nSPS) is 14.7. The van der Waals surface area contributed by atoms with E-state index in [4.69, 9.17) is 0 Å². The Kier molecular flexibility index (Phi) is 5.25. The van der Waals surface area contributed by atoms with Gasteiger partial charge >= 0.3 is 0 Å². The third kappa shape index (κ3) is 3.56. The summed E-state index contributed by atoms with van der Waals surface area (Å²) in [6, 6.07) is 0. The molecule has 0 N–H and O–H groups in total. The van der Waals surface area contributed by atoms with E-state index in [1.54, 1.807) is 4.90 Å². The predicted octanol–water partition coefficient (Wildman–Crippen LogP) is 1.20. The van der Waals surface area contributed by atoms with Gasteiger partial charge in [0, 0.05) is 38.6 Å². The van der Waals surface area contributed by atoms with Crippen molar-refractivity contribution in [3.63, 3.8) is 0 Å². The number of rotatable bonds is 6. The largest absolute Gasteiger partial charge is 0.342 e. The molecule has 21 heavy (non-hydrogen) atoms. The summed E-state index contributed by atoms with van der Waals surface area (Å²) in [5.74, 6) is -0.0460. The Bertz CT molecular complexity index is 480. The van der Waals surface area contributed by atoms with Crippen LogP contribution < -0.4 is 0 Å². The van der Waals surface area contributed by atoms with Crippen LogP contribution in [0.4, 0.5) is 0 Å². The SMILES string of the molecule is CCCN(CCC)C(=O)C1CN(C(=O)c2cnccn2)C1. The summed E-state index contributed by atoms with van der Waals surface area (Å²) in [6.07, 6.45) is 6.41. The Morgan fingerprint density at radius 1 is 1.24 bits per heavy atom. The van der Waals surface area contributed by atoms with Crippen LogP contribution >= 0.6 is 0 Å². The maximum Gasteiger partial charge on any atom is 0.274 e. The second-order valence-corrected chi connectivity index (χ2v) is 5.32. The van der Waals surface area contributed by atoms with Gasteiger partial charge in [-0.3, -0.25) is 14.6 Å². The minimum Gasteiger partial charge on any atom is -0.342 e. The number of hydrogen-bond acceptors (Lipinski definition) is 4. The summed E-state index contributed by atoms with van der Waals surface area (Å²) in [5.41, 5.74) is 0.336. The van der Waals surface area contributed by atoms with Crippen molar-refractivity contribution in [2.45, 2.75) is 26.7 Å². The number of nitrogens with zero attached hydrogens (tertiary/aromatic N) is 4. The Morgan fingerprint density at radius 3 is 2.43 bits per heavy atom. The third-order valence-electron chi connectivity index (χ3n) is 3.60. The zero-order valence-electron chi connectivity index (χ0n) is 12.7. The van der Waals surface area contributed by atoms with Gasteiger partial charge in [-0.05, 0) is 12.8 Å². The molecule has 1 aliphatic rings. The van der Waals surface area contributed by atoms with Crippen molar-refractivity contribution in [3.8, 4) is 0 Å². The molecule has 1 fully saturated rings. The minimum atomic E-state index is -0.148. The first-order valence-electron chi connectivity index (χ1n) is 7.51. The average molecular weight is 290 g/mol. The van der Waals surface area contributed by atoms with Crippen LogP contribution in [0.5, 0.6) is 0 Å². The van der Waals surface area contributed by atoms with E-state index in [0.717, 1.165) is 25.9 Å². The van der Waals surface area contributed by atoms with Gasteiger partial charge in [-0.2, -0.15) is 0 Å². The minimum absolute atomic E-state index is 0.0660. The number of aromatic nitrogens is 2. The van der Waals surface area contributed by atoms with E-state index in [2.05, 4.69) is 23.8 Å². The molecule has 6 nitrogen and oxygen atoms in total. The summed E-state index contributed by atoms with van der Waals surface area (Å²) < 4.78 is 0. The highest BCUT2D eigenvalue weighted by molar-refractivity contribution is 5.94. The topological polar surface area (TPSA) is 66.4 Å². The molecular formula is C15H22N4O2. The van der Waals surface area contributed by atoms with Crippen LogP contribution in [-0.2, 0) is 4.79 Å². The first-order valence-corrected chi connectivity index (χ1v) is 7.51. The summed E-state index contributed by atoms with van der Waals surface area (Å²) in [7, 11) is 0. The van der Waals surface area contributed by atoms with Crippen LogP contribution in [0, 0.1) is 5.92 Å². The van der Waals surface area contributed by atoms with Crippen LogP contribution in [0.1, 0.15) is 37.2 Å². The van der Waals surface area contributed by atoms with E-state index in [9.17, 15) is 9.59 Å². The molecule has 0 aromatic carbocycles. The van der Waals surface area contributed by atoms with Gasteiger partial charge in [0.05, 0.1) is 12.1 Å². The maximum absolute atomic E-state index is 12.4. The van der Waals surface area contributed by atoms with Gasteiger partial charge in [0.15, 0.2) is 0 Å². The molecule has 1 aliphatic heterocycles. The van der Waals surface area contributed by atoms with Crippen molar-refractivity contribution < 1.29 is 9.59 Å². The lowest BCUT2D eigenvalue weighted by atomic mass is 9.97. The molecule has 2 amide bonds. The van der Waals surface area contributed by atoms with Crippen molar-refractivity contribution in [1.29, 1.82) is 0 Å². The van der Waals surface area contributed by atoms with Crippen LogP contribution in [0.15, 0.2) is 18.6 Å². The Balaban J connectivity index is 1.88. The Morgan fingerprint density at radius 2 is 1.90 bits per heavy atom. The van der Waals surface area contributed by atoms with Crippen molar-refractivity contribution in [2.24, 2.45) is 5.92 Å². The first kappa shape index (κ1) is 15.4. The first-order chi connectivity index (χ1) is 10.2. The van der Waals surface area contributed by atoms with Crippen LogP contribution in [0.2, 0.25) is 0 Å². The molecule has 0 spiro atoms. The number of hydrogen-bond donors (Lipinski definition) is 0. The van der Waals surface area contributed by atoms with Gasteiger partial charge < -0.3 is 9.80 Å². The average Bonchev–Trinajstić information content (AvgIpc) is 2.46. The zero-order chi connectivity index (χ0) is 15.2. The molecule has 1 aromatic heterocycles. The number of carbonyl (C=O) groups excluding carboxylic acids is 2. The highest BCUT2D eigenvalue weighted by atomic mass is 16.2. The fourth-order valence-corrected chi connectivity index (χ4v) is 2.50. The second-order valence-electron chi connectivity index (χ2n) is 5.32. The van der Waals surface area contributed by atoms with E-state index in [1.807, 2.05) is 4.90 Å². The number of carbonyl (C=O) groups is 2. The predicted molar refractivity (Wildman–Crippen MR) is 78.6 cm³/mol. The van der Waals surface area contributed by atoms with E-state index in [1.165, 1.54) is 18.6 Å². The summed E-state index contributed by atoms with van der Waals surface area (Å²) >= 11 is 0. The molecule has 6 heteroatoms. The summed E-state index contributed by atoms with van der Waals surface area (Å²) in [4.78, 5) is 35.9. The fraction of sp³-hybridized carbons (Fsp3) is 0.600. The van der Waals surface area contributed by atoms with Crippen molar-refractivity contribution >= 4 is 11.8 Å². The lowest BCUT2D eigenvalue weighted by Crippen LogP contribution is -2.56. The molecule has 0 unspecified atom stereocenters. The van der Waals surface area contributed by atoms with Gasteiger partial charge in [0.1, 0.15) is 5.69 Å². The molecule has 0 aliphatic carbocycles. The molecule has 0 atom stereocenters. The van der Waals surface area contributed by atoms with Gasteiger partial charge in [-0.25, -0.2) is 4.98 Å². The maximum atomic E-state index is 12.4. The fourth-order valence-electron chi connectivity index (χ4n) is 2.50. The molecular weight excluding hydrogens is 268 g/mol. The van der Waals surface area contributed by atoms with Gasteiger partial charge in [0.2, 0.25) is 5.91 Å².